The highest BCUT2D eigenvalue weighted by Gasteiger charge is 2.37. The first-order chi connectivity index (χ1) is 10.0. The van der Waals surface area contributed by atoms with Gasteiger partial charge in [-0.1, -0.05) is 44.2 Å². The first kappa shape index (κ1) is 15.7. The zero-order valence-electron chi connectivity index (χ0n) is 12.1. The molecule has 1 saturated heterocycles. The summed E-state index contributed by atoms with van der Waals surface area (Å²) in [5.74, 6) is 0.133. The maximum absolute atomic E-state index is 14.0. The van der Waals surface area contributed by atoms with E-state index >= 15 is 0 Å². The Labute approximate surface area is 123 Å². The normalized spacial score (nSPS) is 21.5. The number of benzene rings is 1. The average Bonchev–Trinajstić information content (AvgIpc) is 2.86. The molecule has 0 saturated carbocycles. The van der Waals surface area contributed by atoms with Gasteiger partial charge in [-0.25, -0.2) is 9.18 Å². The van der Waals surface area contributed by atoms with E-state index in [9.17, 15) is 14.3 Å². The minimum absolute atomic E-state index is 0.133. The van der Waals surface area contributed by atoms with Gasteiger partial charge in [0.2, 0.25) is 0 Å². The van der Waals surface area contributed by atoms with E-state index in [1.807, 2.05) is 13.8 Å². The number of carbonyl (C=O) groups is 1. The molecule has 3 atom stereocenters. The van der Waals surface area contributed by atoms with Crippen LogP contribution in [0.5, 0.6) is 0 Å². The van der Waals surface area contributed by atoms with Crippen LogP contribution in [-0.2, 0) is 9.57 Å². The van der Waals surface area contributed by atoms with Gasteiger partial charge in [0.05, 0.1) is 6.04 Å². The summed E-state index contributed by atoms with van der Waals surface area (Å²) in [5.41, 5.74) is 0.470. The number of halogens is 1. The highest BCUT2D eigenvalue weighted by atomic mass is 19.1. The zero-order valence-corrected chi connectivity index (χ0v) is 12.1. The Morgan fingerprint density at radius 3 is 2.71 bits per heavy atom. The minimum Gasteiger partial charge on any atom is -0.446 e. The van der Waals surface area contributed by atoms with Crippen molar-refractivity contribution >= 4 is 6.09 Å². The van der Waals surface area contributed by atoms with Crippen molar-refractivity contribution in [3.8, 4) is 0 Å². The van der Waals surface area contributed by atoms with E-state index in [-0.39, 0.29) is 18.6 Å². The smallest absolute Gasteiger partial charge is 0.434 e. The van der Waals surface area contributed by atoms with E-state index in [4.69, 9.17) is 9.57 Å². The fourth-order valence-corrected chi connectivity index (χ4v) is 2.14. The number of rotatable bonds is 6. The number of hydrogen-bond donors (Lipinski definition) is 1. The molecule has 1 aliphatic heterocycles. The highest BCUT2D eigenvalue weighted by molar-refractivity contribution is 5.68. The van der Waals surface area contributed by atoms with Gasteiger partial charge in [-0.15, -0.1) is 0 Å². The van der Waals surface area contributed by atoms with Gasteiger partial charge in [-0.2, -0.15) is 5.06 Å². The highest BCUT2D eigenvalue weighted by Crippen LogP contribution is 2.23. The van der Waals surface area contributed by atoms with Crippen molar-refractivity contribution < 1.29 is 23.9 Å². The fraction of sp³-hybridized carbons (Fsp3) is 0.533. The lowest BCUT2D eigenvalue weighted by Crippen LogP contribution is -2.39. The van der Waals surface area contributed by atoms with Gasteiger partial charge in [0.1, 0.15) is 19.3 Å². The number of alkyl halides is 1. The maximum atomic E-state index is 14.0. The molecule has 0 unspecified atom stereocenters. The third kappa shape index (κ3) is 3.71. The van der Waals surface area contributed by atoms with Gasteiger partial charge in [-0.3, -0.25) is 4.84 Å². The molecule has 1 N–H and O–H groups in total. The molecule has 1 amide bonds. The van der Waals surface area contributed by atoms with E-state index in [0.29, 0.717) is 5.56 Å². The molecule has 1 aliphatic rings. The third-order valence-corrected chi connectivity index (χ3v) is 3.48. The van der Waals surface area contributed by atoms with Crippen molar-refractivity contribution in [1.82, 2.24) is 5.06 Å². The minimum atomic E-state index is -1.63. The molecule has 1 aromatic carbocycles. The molecular weight excluding hydrogens is 277 g/mol. The average molecular weight is 297 g/mol. The van der Waals surface area contributed by atoms with Crippen molar-refractivity contribution in [2.75, 3.05) is 13.2 Å². The summed E-state index contributed by atoms with van der Waals surface area (Å²) in [6.45, 7) is 3.67. The number of aliphatic hydroxyl groups excluding tert-OH is 1. The first-order valence-electron chi connectivity index (χ1n) is 6.96. The topological polar surface area (TPSA) is 59.0 Å². The Balaban J connectivity index is 1.91. The zero-order chi connectivity index (χ0) is 15.4. The van der Waals surface area contributed by atoms with E-state index in [0.717, 1.165) is 5.06 Å². The van der Waals surface area contributed by atoms with Crippen LogP contribution in [-0.4, -0.2) is 41.7 Å². The van der Waals surface area contributed by atoms with Crippen LogP contribution in [0.25, 0.3) is 0 Å². The molecule has 2 rings (SSSR count). The number of carbonyl (C=O) groups excluding carboxylic acids is 1. The number of cyclic esters (lactones) is 1. The number of ether oxygens (including phenoxy) is 1. The summed E-state index contributed by atoms with van der Waals surface area (Å²) in [5, 5.41) is 11.0. The lowest BCUT2D eigenvalue weighted by atomic mass is 10.1. The summed E-state index contributed by atoms with van der Waals surface area (Å²) in [6.07, 6.45) is -3.54. The van der Waals surface area contributed by atoms with Gasteiger partial charge in [-0.05, 0) is 11.5 Å². The summed E-state index contributed by atoms with van der Waals surface area (Å²) in [4.78, 5) is 16.8. The monoisotopic (exact) mass is 297 g/mol. The van der Waals surface area contributed by atoms with Crippen LogP contribution in [0.2, 0.25) is 0 Å². The molecule has 0 spiro atoms. The van der Waals surface area contributed by atoms with E-state index < -0.39 is 25.0 Å². The molecule has 0 radical (unpaired) electrons. The second kappa shape index (κ2) is 6.87. The summed E-state index contributed by atoms with van der Waals surface area (Å²) < 4.78 is 18.9. The van der Waals surface area contributed by atoms with E-state index in [1.54, 1.807) is 30.3 Å². The van der Waals surface area contributed by atoms with Crippen LogP contribution >= 0.6 is 0 Å². The van der Waals surface area contributed by atoms with Crippen LogP contribution in [0.3, 0.4) is 0 Å². The van der Waals surface area contributed by atoms with E-state index in [2.05, 4.69) is 0 Å². The van der Waals surface area contributed by atoms with Gasteiger partial charge in [0, 0.05) is 0 Å². The quantitative estimate of drug-likeness (QED) is 0.876. The second-order valence-corrected chi connectivity index (χ2v) is 5.38. The number of nitrogens with zero attached hydrogens (tertiary/aromatic N) is 1. The summed E-state index contributed by atoms with van der Waals surface area (Å²) in [7, 11) is 0. The molecule has 5 nitrogen and oxygen atoms in total. The predicted octanol–water partition coefficient (Wildman–Crippen LogP) is 2.47. The van der Waals surface area contributed by atoms with Crippen LogP contribution in [0.15, 0.2) is 30.3 Å². The van der Waals surface area contributed by atoms with Crippen LogP contribution < -0.4 is 0 Å². The van der Waals surface area contributed by atoms with Gasteiger partial charge >= 0.3 is 6.09 Å². The Hall–Kier alpha value is -1.66. The Morgan fingerprint density at radius 1 is 1.43 bits per heavy atom. The van der Waals surface area contributed by atoms with Gasteiger partial charge in [0.15, 0.2) is 6.17 Å². The third-order valence-electron chi connectivity index (χ3n) is 3.48. The molecular formula is C15H20FNO4. The van der Waals surface area contributed by atoms with E-state index in [1.165, 1.54) is 0 Å². The predicted molar refractivity (Wildman–Crippen MR) is 74.1 cm³/mol. The summed E-state index contributed by atoms with van der Waals surface area (Å²) in [6, 6.07) is 8.26. The molecule has 1 aromatic rings. The SMILES string of the molecule is CC(C)[C@H]1COC(=O)N1OC[C@H](F)[C@@H](O)c1ccccc1. The summed E-state index contributed by atoms with van der Waals surface area (Å²) >= 11 is 0. The lowest BCUT2D eigenvalue weighted by Gasteiger charge is -2.25. The standard InChI is InChI=1S/C15H20FNO4/c1-10(2)13-9-20-15(19)17(13)21-8-12(16)14(18)11-6-4-3-5-7-11/h3-7,10,12-14,18H,8-9H2,1-2H3/t12-,13+,14-/m0/s1. The Bertz CT molecular complexity index is 468. The van der Waals surface area contributed by atoms with Crippen LogP contribution in [0.1, 0.15) is 25.5 Å². The Kier molecular flexibility index (Phi) is 5.14. The number of hydroxylamine groups is 2. The molecule has 21 heavy (non-hydrogen) atoms. The first-order valence-corrected chi connectivity index (χ1v) is 6.96. The molecule has 6 heteroatoms. The lowest BCUT2D eigenvalue weighted by molar-refractivity contribution is -0.161. The van der Waals surface area contributed by atoms with Crippen molar-refractivity contribution in [2.24, 2.45) is 5.92 Å². The van der Waals surface area contributed by atoms with Crippen LogP contribution in [0.4, 0.5) is 9.18 Å². The van der Waals surface area contributed by atoms with Crippen molar-refractivity contribution in [3.63, 3.8) is 0 Å². The van der Waals surface area contributed by atoms with Crippen molar-refractivity contribution in [2.45, 2.75) is 32.2 Å². The molecule has 0 bridgehead atoms. The van der Waals surface area contributed by atoms with Gasteiger partial charge in [0.25, 0.3) is 0 Å². The molecule has 1 heterocycles. The number of hydrogen-bond acceptors (Lipinski definition) is 4. The van der Waals surface area contributed by atoms with Gasteiger partial charge < -0.3 is 9.84 Å². The molecule has 116 valence electrons. The number of aliphatic hydroxyl groups is 1. The molecule has 0 aliphatic carbocycles. The van der Waals surface area contributed by atoms with Crippen molar-refractivity contribution in [3.05, 3.63) is 35.9 Å². The maximum Gasteiger partial charge on any atom is 0.434 e. The van der Waals surface area contributed by atoms with Crippen LogP contribution in [0, 0.1) is 5.92 Å². The molecule has 0 aromatic heterocycles. The number of amides is 1. The van der Waals surface area contributed by atoms with Crippen molar-refractivity contribution in [1.29, 1.82) is 0 Å². The fourth-order valence-electron chi connectivity index (χ4n) is 2.14. The molecule has 1 fully saturated rings. The Morgan fingerprint density at radius 2 is 2.10 bits per heavy atom. The second-order valence-electron chi connectivity index (χ2n) is 5.38. The largest absolute Gasteiger partial charge is 0.446 e.